The molecule has 1 aliphatic rings. The number of hydrogen-bond donors (Lipinski definition) is 0. The molecular weight excluding hydrogens is 278 g/mol. The van der Waals surface area contributed by atoms with Crippen LogP contribution in [0.1, 0.15) is 21.5 Å². The third-order valence-corrected chi connectivity index (χ3v) is 4.03. The standard InChI is InChI=1S/C18H19NO3/c1-21-15-6-3-13(4-7-15)9-10-19-12-14-5-8-16(22-2)11-17(14)18(19)20/h3-8,11H,9-10,12H2,1-2H3. The van der Waals surface area contributed by atoms with Crippen molar-refractivity contribution < 1.29 is 14.3 Å². The van der Waals surface area contributed by atoms with Gasteiger partial charge < -0.3 is 14.4 Å². The van der Waals surface area contributed by atoms with Crippen LogP contribution in [-0.4, -0.2) is 31.6 Å². The predicted octanol–water partition coefficient (Wildman–Crippen LogP) is 2.90. The third-order valence-electron chi connectivity index (χ3n) is 4.03. The van der Waals surface area contributed by atoms with Gasteiger partial charge in [-0.15, -0.1) is 0 Å². The van der Waals surface area contributed by atoms with Crippen LogP contribution in [0.5, 0.6) is 11.5 Å². The quantitative estimate of drug-likeness (QED) is 0.852. The minimum atomic E-state index is 0.0856. The summed E-state index contributed by atoms with van der Waals surface area (Å²) in [6.07, 6.45) is 0.834. The van der Waals surface area contributed by atoms with Crippen molar-refractivity contribution in [3.05, 3.63) is 59.2 Å². The zero-order valence-corrected chi connectivity index (χ0v) is 12.8. The number of ether oxygens (including phenoxy) is 2. The van der Waals surface area contributed by atoms with E-state index >= 15 is 0 Å². The summed E-state index contributed by atoms with van der Waals surface area (Å²) in [5.41, 5.74) is 3.02. The van der Waals surface area contributed by atoms with Crippen molar-refractivity contribution >= 4 is 5.91 Å². The molecule has 0 fully saturated rings. The van der Waals surface area contributed by atoms with Crippen LogP contribution in [0.2, 0.25) is 0 Å². The first-order valence-corrected chi connectivity index (χ1v) is 7.30. The summed E-state index contributed by atoms with van der Waals surface area (Å²) >= 11 is 0. The van der Waals surface area contributed by atoms with Gasteiger partial charge in [0.25, 0.3) is 5.91 Å². The summed E-state index contributed by atoms with van der Waals surface area (Å²) in [4.78, 5) is 14.3. The SMILES string of the molecule is COc1ccc(CCN2Cc3ccc(OC)cc3C2=O)cc1. The van der Waals surface area contributed by atoms with Gasteiger partial charge in [-0.1, -0.05) is 18.2 Å². The van der Waals surface area contributed by atoms with E-state index in [0.717, 1.165) is 29.0 Å². The van der Waals surface area contributed by atoms with Crippen molar-refractivity contribution in [1.29, 1.82) is 0 Å². The van der Waals surface area contributed by atoms with E-state index in [-0.39, 0.29) is 5.91 Å². The Balaban J connectivity index is 1.66. The Hall–Kier alpha value is -2.49. The second kappa shape index (κ2) is 6.10. The number of benzene rings is 2. The average molecular weight is 297 g/mol. The van der Waals surface area contributed by atoms with E-state index in [0.29, 0.717) is 13.1 Å². The lowest BCUT2D eigenvalue weighted by Crippen LogP contribution is -2.26. The second-order valence-corrected chi connectivity index (χ2v) is 5.35. The maximum atomic E-state index is 12.4. The van der Waals surface area contributed by atoms with Crippen LogP contribution in [0.25, 0.3) is 0 Å². The molecule has 0 aromatic heterocycles. The summed E-state index contributed by atoms with van der Waals surface area (Å²) in [6, 6.07) is 13.7. The Morgan fingerprint density at radius 2 is 1.68 bits per heavy atom. The Bertz CT molecular complexity index is 679. The molecule has 1 aliphatic heterocycles. The van der Waals surface area contributed by atoms with E-state index < -0.39 is 0 Å². The number of hydrogen-bond acceptors (Lipinski definition) is 3. The number of rotatable bonds is 5. The van der Waals surface area contributed by atoms with E-state index in [1.165, 1.54) is 5.56 Å². The molecule has 2 aromatic carbocycles. The van der Waals surface area contributed by atoms with Crippen molar-refractivity contribution in [1.82, 2.24) is 4.90 Å². The van der Waals surface area contributed by atoms with Crippen molar-refractivity contribution in [3.63, 3.8) is 0 Å². The smallest absolute Gasteiger partial charge is 0.254 e. The zero-order chi connectivity index (χ0) is 15.5. The van der Waals surface area contributed by atoms with Gasteiger partial charge in [0.1, 0.15) is 11.5 Å². The monoisotopic (exact) mass is 297 g/mol. The molecule has 0 aliphatic carbocycles. The van der Waals surface area contributed by atoms with Gasteiger partial charge in [0.05, 0.1) is 14.2 Å². The van der Waals surface area contributed by atoms with Gasteiger partial charge in [-0.3, -0.25) is 4.79 Å². The van der Waals surface area contributed by atoms with Gasteiger partial charge >= 0.3 is 0 Å². The molecule has 2 aromatic rings. The van der Waals surface area contributed by atoms with Gasteiger partial charge in [0.2, 0.25) is 0 Å². The minimum Gasteiger partial charge on any atom is -0.497 e. The fraction of sp³-hybridized carbons (Fsp3) is 0.278. The van der Waals surface area contributed by atoms with Crippen molar-refractivity contribution in [2.75, 3.05) is 20.8 Å². The molecular formula is C18H19NO3. The molecule has 0 bridgehead atoms. The fourth-order valence-electron chi connectivity index (χ4n) is 2.70. The van der Waals surface area contributed by atoms with Crippen LogP contribution < -0.4 is 9.47 Å². The fourth-order valence-corrected chi connectivity index (χ4v) is 2.70. The van der Waals surface area contributed by atoms with Crippen molar-refractivity contribution in [2.45, 2.75) is 13.0 Å². The molecule has 0 saturated carbocycles. The van der Waals surface area contributed by atoms with Crippen molar-refractivity contribution in [3.8, 4) is 11.5 Å². The molecule has 114 valence electrons. The highest BCUT2D eigenvalue weighted by molar-refractivity contribution is 5.98. The highest BCUT2D eigenvalue weighted by atomic mass is 16.5. The number of carbonyl (C=O) groups is 1. The van der Waals surface area contributed by atoms with Crippen LogP contribution in [0.3, 0.4) is 0 Å². The first kappa shape index (κ1) is 14.4. The molecule has 4 heteroatoms. The molecule has 22 heavy (non-hydrogen) atoms. The zero-order valence-electron chi connectivity index (χ0n) is 12.8. The van der Waals surface area contributed by atoms with Gasteiger partial charge in [-0.05, 0) is 41.8 Å². The molecule has 0 atom stereocenters. The maximum absolute atomic E-state index is 12.4. The largest absolute Gasteiger partial charge is 0.497 e. The van der Waals surface area contributed by atoms with Crippen LogP contribution in [0.4, 0.5) is 0 Å². The number of nitrogens with zero attached hydrogens (tertiary/aromatic N) is 1. The molecule has 1 heterocycles. The topological polar surface area (TPSA) is 38.8 Å². The predicted molar refractivity (Wildman–Crippen MR) is 84.4 cm³/mol. The number of carbonyl (C=O) groups excluding carboxylic acids is 1. The third kappa shape index (κ3) is 2.77. The Morgan fingerprint density at radius 3 is 2.36 bits per heavy atom. The molecule has 4 nitrogen and oxygen atoms in total. The molecule has 0 spiro atoms. The number of amides is 1. The summed E-state index contributed by atoms with van der Waals surface area (Å²) in [5, 5.41) is 0. The van der Waals surface area contributed by atoms with E-state index in [9.17, 15) is 4.79 Å². The minimum absolute atomic E-state index is 0.0856. The highest BCUT2D eigenvalue weighted by Crippen LogP contribution is 2.26. The van der Waals surface area contributed by atoms with Crippen LogP contribution in [0, 0.1) is 0 Å². The van der Waals surface area contributed by atoms with Crippen LogP contribution >= 0.6 is 0 Å². The summed E-state index contributed by atoms with van der Waals surface area (Å²) in [6.45, 7) is 1.39. The van der Waals surface area contributed by atoms with Crippen LogP contribution in [-0.2, 0) is 13.0 Å². The first-order valence-electron chi connectivity index (χ1n) is 7.30. The molecule has 0 radical (unpaired) electrons. The lowest BCUT2D eigenvalue weighted by atomic mass is 10.1. The first-order chi connectivity index (χ1) is 10.7. The molecule has 1 amide bonds. The lowest BCUT2D eigenvalue weighted by molar-refractivity contribution is 0.0780. The molecule has 3 rings (SSSR count). The van der Waals surface area contributed by atoms with E-state index in [1.807, 2.05) is 47.4 Å². The average Bonchev–Trinajstić information content (AvgIpc) is 2.89. The van der Waals surface area contributed by atoms with E-state index in [2.05, 4.69) is 0 Å². The lowest BCUT2D eigenvalue weighted by Gasteiger charge is -2.15. The van der Waals surface area contributed by atoms with Gasteiger partial charge in [-0.25, -0.2) is 0 Å². The van der Waals surface area contributed by atoms with Crippen LogP contribution in [0.15, 0.2) is 42.5 Å². The normalized spacial score (nSPS) is 13.2. The van der Waals surface area contributed by atoms with Gasteiger partial charge in [0, 0.05) is 18.7 Å². The summed E-state index contributed by atoms with van der Waals surface area (Å²) in [7, 11) is 3.27. The number of methoxy groups -OCH3 is 2. The highest BCUT2D eigenvalue weighted by Gasteiger charge is 2.27. The molecule has 0 N–H and O–H groups in total. The van der Waals surface area contributed by atoms with Gasteiger partial charge in [-0.2, -0.15) is 0 Å². The summed E-state index contributed by atoms with van der Waals surface area (Å²) < 4.78 is 10.3. The maximum Gasteiger partial charge on any atom is 0.254 e. The Morgan fingerprint density at radius 1 is 1.00 bits per heavy atom. The second-order valence-electron chi connectivity index (χ2n) is 5.35. The Labute approximate surface area is 130 Å². The van der Waals surface area contributed by atoms with E-state index in [1.54, 1.807) is 14.2 Å². The van der Waals surface area contributed by atoms with Crippen molar-refractivity contribution in [2.24, 2.45) is 0 Å². The molecule has 0 saturated heterocycles. The van der Waals surface area contributed by atoms with E-state index in [4.69, 9.17) is 9.47 Å². The number of fused-ring (bicyclic) bond motifs is 1. The van der Waals surface area contributed by atoms with Gasteiger partial charge in [0.15, 0.2) is 0 Å². The Kier molecular flexibility index (Phi) is 4.00. The summed E-state index contributed by atoms with van der Waals surface area (Å²) in [5.74, 6) is 1.66. The molecule has 0 unspecified atom stereocenters.